The van der Waals surface area contributed by atoms with Crippen LogP contribution in [0.25, 0.3) is 0 Å². The van der Waals surface area contributed by atoms with Crippen molar-refractivity contribution < 1.29 is 4.39 Å². The summed E-state index contributed by atoms with van der Waals surface area (Å²) < 4.78 is 12.6. The average Bonchev–Trinajstić information content (AvgIpc) is 2.01. The van der Waals surface area contributed by atoms with Crippen molar-refractivity contribution in [3.63, 3.8) is 0 Å². The minimum Gasteiger partial charge on any atom is -0.251 e. The zero-order valence-electron chi connectivity index (χ0n) is 6.06. The molecule has 0 atom stereocenters. The van der Waals surface area contributed by atoms with Gasteiger partial charge in [-0.25, -0.2) is 4.98 Å². The molecule has 0 aliphatic rings. The number of aryl methyl sites for hydroxylation is 1. The number of hydrogen-bond donors (Lipinski definition) is 0. The Labute approximate surface area is 73.8 Å². The molecule has 0 aromatic carbocycles. The summed E-state index contributed by atoms with van der Waals surface area (Å²) >= 11 is 3.25. The summed E-state index contributed by atoms with van der Waals surface area (Å²) in [4.78, 5) is 3.97. The zero-order valence-corrected chi connectivity index (χ0v) is 7.64. The van der Waals surface area contributed by atoms with Gasteiger partial charge in [0.25, 0.3) is 0 Å². The van der Waals surface area contributed by atoms with Gasteiger partial charge in [0.1, 0.15) is 4.60 Å². The maximum absolute atomic E-state index is 11.8. The Bertz CT molecular complexity index is 227. The number of pyridine rings is 1. The van der Waals surface area contributed by atoms with E-state index in [-0.39, 0.29) is 6.67 Å². The van der Waals surface area contributed by atoms with Gasteiger partial charge in [-0.15, -0.1) is 0 Å². The predicted molar refractivity (Wildman–Crippen MR) is 46.2 cm³/mol. The van der Waals surface area contributed by atoms with Gasteiger partial charge in [0.2, 0.25) is 0 Å². The van der Waals surface area contributed by atoms with E-state index in [4.69, 9.17) is 0 Å². The third-order valence-corrected chi connectivity index (χ3v) is 1.82. The Hall–Kier alpha value is -0.440. The van der Waals surface area contributed by atoms with Crippen LogP contribution in [-0.2, 0) is 6.42 Å². The molecule has 0 bridgehead atoms. The molecular weight excluding hydrogens is 209 g/mol. The first-order chi connectivity index (χ1) is 5.33. The summed E-state index contributed by atoms with van der Waals surface area (Å²) in [5, 5.41) is 0. The molecule has 0 saturated heterocycles. The van der Waals surface area contributed by atoms with Crippen LogP contribution in [0.3, 0.4) is 0 Å². The lowest BCUT2D eigenvalue weighted by atomic mass is 10.2. The predicted octanol–water partition coefficient (Wildman–Crippen LogP) is 2.75. The van der Waals surface area contributed by atoms with Crippen LogP contribution in [0, 0.1) is 0 Å². The van der Waals surface area contributed by atoms with Crippen molar-refractivity contribution in [2.75, 3.05) is 6.67 Å². The van der Waals surface area contributed by atoms with Gasteiger partial charge in [0.15, 0.2) is 0 Å². The van der Waals surface area contributed by atoms with Crippen LogP contribution in [0.4, 0.5) is 4.39 Å². The molecule has 0 saturated carbocycles. The van der Waals surface area contributed by atoms with Crippen molar-refractivity contribution in [1.82, 2.24) is 4.98 Å². The van der Waals surface area contributed by atoms with Gasteiger partial charge >= 0.3 is 0 Å². The lowest BCUT2D eigenvalue weighted by molar-refractivity contribution is 0.473. The quantitative estimate of drug-likeness (QED) is 0.710. The Morgan fingerprint density at radius 2 is 2.36 bits per heavy atom. The Balaban J connectivity index is 2.56. The Morgan fingerprint density at radius 3 is 3.00 bits per heavy atom. The van der Waals surface area contributed by atoms with Crippen molar-refractivity contribution in [1.29, 1.82) is 0 Å². The molecule has 1 heterocycles. The van der Waals surface area contributed by atoms with E-state index in [2.05, 4.69) is 20.9 Å². The van der Waals surface area contributed by atoms with Gasteiger partial charge in [-0.3, -0.25) is 4.39 Å². The minimum absolute atomic E-state index is 0.250. The van der Waals surface area contributed by atoms with E-state index in [1.54, 1.807) is 6.20 Å². The van der Waals surface area contributed by atoms with Crippen LogP contribution in [-0.4, -0.2) is 11.7 Å². The van der Waals surface area contributed by atoms with E-state index >= 15 is 0 Å². The number of nitrogens with zero attached hydrogens (tertiary/aromatic N) is 1. The molecule has 0 amide bonds. The second-order valence-corrected chi connectivity index (χ2v) is 3.09. The Kier molecular flexibility index (Phi) is 3.49. The number of aromatic nitrogens is 1. The first-order valence-electron chi connectivity index (χ1n) is 3.49. The fraction of sp³-hybridized carbons (Fsp3) is 0.375. The molecule has 1 rings (SSSR count). The number of alkyl halides is 1. The lowest BCUT2D eigenvalue weighted by Crippen LogP contribution is -1.87. The summed E-state index contributed by atoms with van der Waals surface area (Å²) in [6, 6.07) is 3.82. The van der Waals surface area contributed by atoms with Crippen LogP contribution < -0.4 is 0 Å². The summed E-state index contributed by atoms with van der Waals surface area (Å²) in [6.45, 7) is -0.250. The molecule has 0 N–H and O–H groups in total. The lowest BCUT2D eigenvalue weighted by Gasteiger charge is -1.97. The van der Waals surface area contributed by atoms with Crippen LogP contribution in [0.5, 0.6) is 0 Å². The van der Waals surface area contributed by atoms with Gasteiger partial charge in [0, 0.05) is 6.20 Å². The van der Waals surface area contributed by atoms with Crippen molar-refractivity contribution in [3.8, 4) is 0 Å². The summed E-state index contributed by atoms with van der Waals surface area (Å²) in [6.07, 6.45) is 3.10. The van der Waals surface area contributed by atoms with Crippen molar-refractivity contribution in [2.24, 2.45) is 0 Å². The highest BCUT2D eigenvalue weighted by Gasteiger charge is 1.93. The SMILES string of the molecule is FCCCc1ccnc(Br)c1. The fourth-order valence-corrected chi connectivity index (χ4v) is 1.28. The molecule has 0 unspecified atom stereocenters. The van der Waals surface area contributed by atoms with Crippen LogP contribution in [0.2, 0.25) is 0 Å². The molecule has 1 aromatic heterocycles. The van der Waals surface area contributed by atoms with Crippen LogP contribution >= 0.6 is 15.9 Å². The molecule has 1 nitrogen and oxygen atoms in total. The molecule has 0 aliphatic heterocycles. The summed E-state index contributed by atoms with van der Waals surface area (Å²) in [5.41, 5.74) is 1.13. The molecule has 1 aromatic rings. The van der Waals surface area contributed by atoms with E-state index in [0.717, 1.165) is 16.6 Å². The van der Waals surface area contributed by atoms with Gasteiger partial charge in [-0.05, 0) is 46.5 Å². The molecular formula is C8H9BrFN. The van der Waals surface area contributed by atoms with Crippen molar-refractivity contribution in [3.05, 3.63) is 28.5 Å². The van der Waals surface area contributed by atoms with Crippen LogP contribution in [0.1, 0.15) is 12.0 Å². The van der Waals surface area contributed by atoms with E-state index in [1.807, 2.05) is 12.1 Å². The second-order valence-electron chi connectivity index (χ2n) is 2.28. The highest BCUT2D eigenvalue weighted by molar-refractivity contribution is 9.10. The molecule has 0 radical (unpaired) electrons. The molecule has 0 spiro atoms. The minimum atomic E-state index is -0.250. The highest BCUT2D eigenvalue weighted by Crippen LogP contribution is 2.09. The fourth-order valence-electron chi connectivity index (χ4n) is 0.869. The number of halogens is 2. The van der Waals surface area contributed by atoms with Crippen molar-refractivity contribution >= 4 is 15.9 Å². The molecule has 0 aliphatic carbocycles. The molecule has 11 heavy (non-hydrogen) atoms. The normalized spacial score (nSPS) is 10.0. The third-order valence-electron chi connectivity index (χ3n) is 1.39. The van der Waals surface area contributed by atoms with E-state index in [1.165, 1.54) is 0 Å². The van der Waals surface area contributed by atoms with E-state index in [0.29, 0.717) is 6.42 Å². The average molecular weight is 218 g/mol. The van der Waals surface area contributed by atoms with Crippen LogP contribution in [0.15, 0.2) is 22.9 Å². The monoisotopic (exact) mass is 217 g/mol. The van der Waals surface area contributed by atoms with Crippen molar-refractivity contribution in [2.45, 2.75) is 12.8 Å². The Morgan fingerprint density at radius 1 is 1.55 bits per heavy atom. The maximum Gasteiger partial charge on any atom is 0.106 e. The topological polar surface area (TPSA) is 12.9 Å². The first kappa shape index (κ1) is 8.65. The van der Waals surface area contributed by atoms with Gasteiger partial charge in [0.05, 0.1) is 6.67 Å². The van der Waals surface area contributed by atoms with Gasteiger partial charge < -0.3 is 0 Å². The van der Waals surface area contributed by atoms with E-state index in [9.17, 15) is 4.39 Å². The second kappa shape index (κ2) is 4.44. The van der Waals surface area contributed by atoms with E-state index < -0.39 is 0 Å². The molecule has 0 fully saturated rings. The highest BCUT2D eigenvalue weighted by atomic mass is 79.9. The molecule has 60 valence electrons. The standard InChI is InChI=1S/C8H9BrFN/c9-8-6-7(2-1-4-10)3-5-11-8/h3,5-6H,1-2,4H2. The maximum atomic E-state index is 11.8. The molecule has 3 heteroatoms. The van der Waals surface area contributed by atoms with Gasteiger partial charge in [-0.2, -0.15) is 0 Å². The zero-order chi connectivity index (χ0) is 8.10. The smallest absolute Gasteiger partial charge is 0.106 e. The first-order valence-corrected chi connectivity index (χ1v) is 4.28. The summed E-state index contributed by atoms with van der Waals surface area (Å²) in [7, 11) is 0. The largest absolute Gasteiger partial charge is 0.251 e. The number of rotatable bonds is 3. The number of hydrogen-bond acceptors (Lipinski definition) is 1. The third kappa shape index (κ3) is 2.97. The summed E-state index contributed by atoms with van der Waals surface area (Å²) in [5.74, 6) is 0. The van der Waals surface area contributed by atoms with Gasteiger partial charge in [-0.1, -0.05) is 0 Å².